The lowest BCUT2D eigenvalue weighted by Gasteiger charge is -2.15. The highest BCUT2D eigenvalue weighted by atomic mass is 16.3. The number of ketones is 1. The van der Waals surface area contributed by atoms with Crippen LogP contribution in [-0.2, 0) is 13.1 Å². The second kappa shape index (κ2) is 7.23. The molecule has 6 nitrogen and oxygen atoms in total. The third-order valence-corrected chi connectivity index (χ3v) is 4.12. The molecule has 0 amide bonds. The zero-order valence-electron chi connectivity index (χ0n) is 14.3. The molecule has 0 aliphatic rings. The van der Waals surface area contributed by atoms with Crippen molar-refractivity contribution >= 4 is 5.78 Å². The molecule has 0 atom stereocenters. The Kier molecular flexibility index (Phi) is 4.84. The van der Waals surface area contributed by atoms with Gasteiger partial charge in [-0.15, -0.1) is 0 Å². The highest BCUT2D eigenvalue weighted by Gasteiger charge is 2.22. The van der Waals surface area contributed by atoms with Crippen molar-refractivity contribution in [2.45, 2.75) is 20.0 Å². The number of aromatic hydroxyl groups is 1. The molecule has 0 bridgehead atoms. The molecule has 3 rings (SSSR count). The molecule has 0 saturated carbocycles. The summed E-state index contributed by atoms with van der Waals surface area (Å²) in [7, 11) is 0. The fourth-order valence-electron chi connectivity index (χ4n) is 2.81. The van der Waals surface area contributed by atoms with Crippen molar-refractivity contribution in [3.05, 3.63) is 98.2 Å². The van der Waals surface area contributed by atoms with Gasteiger partial charge in [-0.05, 0) is 18.1 Å². The van der Waals surface area contributed by atoms with Crippen LogP contribution >= 0.6 is 0 Å². The fourth-order valence-corrected chi connectivity index (χ4v) is 2.81. The number of rotatable bonds is 5. The third kappa shape index (κ3) is 3.35. The number of Topliss-reactive ketones (excluding diaryl/α,β-unsaturated/α-hetero) is 1. The molecule has 26 heavy (non-hydrogen) atoms. The summed E-state index contributed by atoms with van der Waals surface area (Å²) in [4.78, 5) is 37.4. The van der Waals surface area contributed by atoms with Gasteiger partial charge in [-0.2, -0.15) is 0 Å². The number of carbonyl (C=O) groups is 1. The van der Waals surface area contributed by atoms with Crippen molar-refractivity contribution in [2.24, 2.45) is 0 Å². The van der Waals surface area contributed by atoms with Gasteiger partial charge in [0.1, 0.15) is 5.56 Å². The van der Waals surface area contributed by atoms with Crippen molar-refractivity contribution in [1.82, 2.24) is 9.13 Å². The standard InChI is InChI=1S/C20H18N2O4/c1-14(23)17-18(24)21(12-15-8-4-2-5-9-15)20(26)22(19(17)25)13-16-10-6-3-7-11-16/h2-11,24H,12-13H2,1H3. The van der Waals surface area contributed by atoms with Crippen LogP contribution in [0.5, 0.6) is 5.88 Å². The van der Waals surface area contributed by atoms with Crippen LogP contribution < -0.4 is 11.2 Å². The van der Waals surface area contributed by atoms with Crippen molar-refractivity contribution in [2.75, 3.05) is 0 Å². The number of carbonyl (C=O) groups excluding carboxylic acids is 1. The highest BCUT2D eigenvalue weighted by Crippen LogP contribution is 2.14. The average Bonchev–Trinajstić information content (AvgIpc) is 2.64. The first kappa shape index (κ1) is 17.4. The summed E-state index contributed by atoms with van der Waals surface area (Å²) in [5.74, 6) is -1.18. The van der Waals surface area contributed by atoms with Crippen LogP contribution in [0.15, 0.2) is 70.3 Å². The van der Waals surface area contributed by atoms with Crippen molar-refractivity contribution < 1.29 is 9.90 Å². The van der Waals surface area contributed by atoms with E-state index in [9.17, 15) is 19.5 Å². The summed E-state index contributed by atoms with van der Waals surface area (Å²) < 4.78 is 2.03. The molecule has 0 radical (unpaired) electrons. The summed E-state index contributed by atoms with van der Waals surface area (Å²) in [6.07, 6.45) is 0. The normalized spacial score (nSPS) is 10.7. The van der Waals surface area contributed by atoms with Gasteiger partial charge in [0.25, 0.3) is 5.56 Å². The van der Waals surface area contributed by atoms with Crippen molar-refractivity contribution in [3.8, 4) is 5.88 Å². The predicted molar refractivity (Wildman–Crippen MR) is 97.7 cm³/mol. The minimum absolute atomic E-state index is 0.0217. The van der Waals surface area contributed by atoms with E-state index in [1.165, 1.54) is 6.92 Å². The molecule has 0 saturated heterocycles. The minimum atomic E-state index is -0.784. The molecule has 0 aliphatic carbocycles. The lowest BCUT2D eigenvalue weighted by atomic mass is 10.2. The summed E-state index contributed by atoms with van der Waals surface area (Å²) in [6.45, 7) is 1.27. The Bertz CT molecular complexity index is 1050. The molecule has 6 heteroatoms. The molecule has 1 N–H and O–H groups in total. The quantitative estimate of drug-likeness (QED) is 0.714. The van der Waals surface area contributed by atoms with Gasteiger partial charge in [-0.1, -0.05) is 60.7 Å². The largest absolute Gasteiger partial charge is 0.494 e. The van der Waals surface area contributed by atoms with E-state index in [1.54, 1.807) is 36.4 Å². The first-order chi connectivity index (χ1) is 12.5. The molecule has 2 aromatic carbocycles. The SMILES string of the molecule is CC(=O)c1c(O)n(Cc2ccccc2)c(=O)n(Cc2ccccc2)c1=O. The molecular formula is C20H18N2O4. The molecule has 1 aromatic heterocycles. The summed E-state index contributed by atoms with van der Waals surface area (Å²) >= 11 is 0. The van der Waals surface area contributed by atoms with Crippen LogP contribution in [0.2, 0.25) is 0 Å². The molecule has 3 aromatic rings. The molecular weight excluding hydrogens is 332 g/mol. The van der Waals surface area contributed by atoms with Gasteiger partial charge in [-0.3, -0.25) is 18.7 Å². The number of nitrogens with zero attached hydrogens (tertiary/aromatic N) is 2. The van der Waals surface area contributed by atoms with Gasteiger partial charge >= 0.3 is 5.69 Å². The Labute approximate surface area is 149 Å². The number of hydrogen-bond acceptors (Lipinski definition) is 4. The van der Waals surface area contributed by atoms with E-state index in [1.807, 2.05) is 24.3 Å². The molecule has 0 fully saturated rings. The summed E-state index contributed by atoms with van der Waals surface area (Å²) in [5.41, 5.74) is -0.308. The average molecular weight is 350 g/mol. The maximum absolute atomic E-state index is 12.8. The molecule has 132 valence electrons. The van der Waals surface area contributed by atoms with E-state index in [0.29, 0.717) is 0 Å². The van der Waals surface area contributed by atoms with Crippen LogP contribution in [0.4, 0.5) is 0 Å². The van der Waals surface area contributed by atoms with E-state index in [2.05, 4.69) is 0 Å². The van der Waals surface area contributed by atoms with Gasteiger partial charge in [0.05, 0.1) is 13.1 Å². The zero-order valence-corrected chi connectivity index (χ0v) is 14.3. The van der Waals surface area contributed by atoms with Crippen LogP contribution in [0.1, 0.15) is 28.4 Å². The maximum atomic E-state index is 12.8. The molecule has 1 heterocycles. The van der Waals surface area contributed by atoms with Crippen LogP contribution in [0.3, 0.4) is 0 Å². The van der Waals surface area contributed by atoms with E-state index in [4.69, 9.17) is 0 Å². The Morgan fingerprint density at radius 3 is 1.77 bits per heavy atom. The van der Waals surface area contributed by atoms with E-state index < -0.39 is 22.9 Å². The van der Waals surface area contributed by atoms with Gasteiger partial charge in [-0.25, -0.2) is 4.79 Å². The second-order valence-corrected chi connectivity index (χ2v) is 5.99. The Morgan fingerprint density at radius 1 is 0.846 bits per heavy atom. The van der Waals surface area contributed by atoms with Gasteiger partial charge < -0.3 is 5.11 Å². The van der Waals surface area contributed by atoms with Crippen LogP contribution in [-0.4, -0.2) is 20.0 Å². The van der Waals surface area contributed by atoms with Gasteiger partial charge in [0.2, 0.25) is 5.88 Å². The van der Waals surface area contributed by atoms with Crippen LogP contribution in [0, 0.1) is 0 Å². The first-order valence-corrected chi connectivity index (χ1v) is 8.14. The van der Waals surface area contributed by atoms with E-state index in [0.717, 1.165) is 20.3 Å². The molecule has 0 aliphatic heterocycles. The highest BCUT2D eigenvalue weighted by molar-refractivity contribution is 5.95. The number of benzene rings is 2. The fraction of sp³-hybridized carbons (Fsp3) is 0.150. The lowest BCUT2D eigenvalue weighted by Crippen LogP contribution is -2.42. The van der Waals surface area contributed by atoms with Gasteiger partial charge in [0.15, 0.2) is 5.78 Å². The minimum Gasteiger partial charge on any atom is -0.494 e. The Hall–Kier alpha value is -3.41. The Morgan fingerprint density at radius 2 is 1.31 bits per heavy atom. The lowest BCUT2D eigenvalue weighted by molar-refractivity contribution is 0.101. The van der Waals surface area contributed by atoms with Crippen molar-refractivity contribution in [3.63, 3.8) is 0 Å². The Balaban J connectivity index is 2.19. The maximum Gasteiger partial charge on any atom is 0.334 e. The smallest absolute Gasteiger partial charge is 0.334 e. The van der Waals surface area contributed by atoms with Crippen LogP contribution in [0.25, 0.3) is 0 Å². The topological polar surface area (TPSA) is 81.3 Å². The van der Waals surface area contributed by atoms with E-state index >= 15 is 0 Å². The number of hydrogen-bond donors (Lipinski definition) is 1. The third-order valence-electron chi connectivity index (χ3n) is 4.12. The summed E-state index contributed by atoms with van der Waals surface area (Å²) in [5, 5.41) is 10.4. The van der Waals surface area contributed by atoms with Crippen molar-refractivity contribution in [1.29, 1.82) is 0 Å². The number of aromatic nitrogens is 2. The molecule has 0 spiro atoms. The van der Waals surface area contributed by atoms with E-state index in [-0.39, 0.29) is 18.7 Å². The summed E-state index contributed by atoms with van der Waals surface area (Å²) in [6, 6.07) is 18.1. The predicted octanol–water partition coefficient (Wildman–Crippen LogP) is 2.01. The monoisotopic (exact) mass is 350 g/mol. The van der Waals surface area contributed by atoms with Gasteiger partial charge in [0, 0.05) is 0 Å². The second-order valence-electron chi connectivity index (χ2n) is 5.99. The zero-order chi connectivity index (χ0) is 18.7. The first-order valence-electron chi connectivity index (χ1n) is 8.14. The molecule has 0 unspecified atom stereocenters.